The fourth-order valence-electron chi connectivity index (χ4n) is 1.80. The molecule has 0 bridgehead atoms. The van der Waals surface area contributed by atoms with Crippen molar-refractivity contribution in [3.05, 3.63) is 73.1 Å². The van der Waals surface area contributed by atoms with Crippen LogP contribution in [0.25, 0.3) is 11.8 Å². The van der Waals surface area contributed by atoms with Crippen LogP contribution in [0.2, 0.25) is 0 Å². The Balaban J connectivity index is 2.71. The lowest BCUT2D eigenvalue weighted by molar-refractivity contribution is -0.384. The fraction of sp³-hybridized carbons (Fsp3) is 0. The van der Waals surface area contributed by atoms with Crippen molar-refractivity contribution in [3.8, 4) is 18.0 Å². The number of pyridine rings is 1. The molecular weight excluding hydrogens is 336 g/mol. The van der Waals surface area contributed by atoms with Crippen LogP contribution in [-0.4, -0.2) is 9.49 Å². The maximum Gasteiger partial charge on any atom is 0.270 e. The van der Waals surface area contributed by atoms with Gasteiger partial charge < -0.3 is 0 Å². The second kappa shape index (κ2) is 6.20. The average Bonchev–Trinajstić information content (AvgIpc) is 2.48. The number of aromatic nitrogens is 1. The standard InChI is InChI=1S/C15H9BrN2O3/c1-2-3-5-11-10-12(18(20)21)7-8-14(11)17-9-4-6-13(16)15(17)19/h1,3-10H/b5-3+. The van der Waals surface area contributed by atoms with Crippen molar-refractivity contribution in [2.24, 2.45) is 0 Å². The normalized spacial score (nSPS) is 10.5. The minimum atomic E-state index is -0.499. The molecule has 6 heteroatoms. The molecule has 0 aliphatic rings. The molecule has 0 spiro atoms. The van der Waals surface area contributed by atoms with E-state index in [-0.39, 0.29) is 11.2 Å². The van der Waals surface area contributed by atoms with E-state index >= 15 is 0 Å². The van der Waals surface area contributed by atoms with Crippen molar-refractivity contribution < 1.29 is 4.92 Å². The predicted molar refractivity (Wildman–Crippen MR) is 84.3 cm³/mol. The summed E-state index contributed by atoms with van der Waals surface area (Å²) in [5.74, 6) is 2.32. The van der Waals surface area contributed by atoms with Gasteiger partial charge in [-0.2, -0.15) is 0 Å². The van der Waals surface area contributed by atoms with Gasteiger partial charge in [-0.25, -0.2) is 0 Å². The molecule has 0 N–H and O–H groups in total. The first-order valence-electron chi connectivity index (χ1n) is 5.83. The van der Waals surface area contributed by atoms with E-state index in [4.69, 9.17) is 6.42 Å². The van der Waals surface area contributed by atoms with E-state index in [0.29, 0.717) is 15.7 Å². The van der Waals surface area contributed by atoms with Crippen molar-refractivity contribution >= 4 is 27.7 Å². The Morgan fingerprint density at radius 2 is 2.14 bits per heavy atom. The van der Waals surface area contributed by atoms with Gasteiger partial charge in [0.15, 0.2) is 0 Å². The summed E-state index contributed by atoms with van der Waals surface area (Å²) in [7, 11) is 0. The van der Waals surface area contributed by atoms with E-state index in [2.05, 4.69) is 21.9 Å². The molecule has 21 heavy (non-hydrogen) atoms. The van der Waals surface area contributed by atoms with Crippen molar-refractivity contribution in [2.75, 3.05) is 0 Å². The maximum absolute atomic E-state index is 12.1. The highest BCUT2D eigenvalue weighted by Crippen LogP contribution is 2.22. The summed E-state index contributed by atoms with van der Waals surface area (Å²) in [6.45, 7) is 0. The van der Waals surface area contributed by atoms with E-state index in [1.807, 2.05) is 0 Å². The molecule has 0 fully saturated rings. The highest BCUT2D eigenvalue weighted by Gasteiger charge is 2.12. The van der Waals surface area contributed by atoms with Crippen LogP contribution in [0.4, 0.5) is 5.69 Å². The third-order valence-electron chi connectivity index (χ3n) is 2.74. The quantitative estimate of drug-likeness (QED) is 0.488. The minimum absolute atomic E-state index is 0.0709. The summed E-state index contributed by atoms with van der Waals surface area (Å²) in [6, 6.07) is 7.55. The number of nitrogens with zero attached hydrogens (tertiary/aromatic N) is 2. The summed E-state index contributed by atoms with van der Waals surface area (Å²) >= 11 is 3.17. The van der Waals surface area contributed by atoms with Crippen LogP contribution in [0.5, 0.6) is 0 Å². The molecule has 0 aliphatic carbocycles. The Labute approximate surface area is 128 Å². The first-order valence-corrected chi connectivity index (χ1v) is 6.62. The number of rotatable bonds is 3. The summed E-state index contributed by atoms with van der Waals surface area (Å²) in [5.41, 5.74) is 0.668. The topological polar surface area (TPSA) is 65.1 Å². The number of non-ortho nitro benzene ring substituents is 1. The average molecular weight is 345 g/mol. The summed E-state index contributed by atoms with van der Waals surface area (Å²) in [5, 5.41) is 10.9. The molecule has 0 saturated heterocycles. The predicted octanol–water partition coefficient (Wildman–Crippen LogP) is 3.15. The van der Waals surface area contributed by atoms with Crippen LogP contribution in [0.15, 0.2) is 51.9 Å². The van der Waals surface area contributed by atoms with E-state index in [1.54, 1.807) is 24.4 Å². The monoisotopic (exact) mass is 344 g/mol. The zero-order valence-electron chi connectivity index (χ0n) is 10.7. The molecule has 2 aromatic rings. The summed E-state index contributed by atoms with van der Waals surface area (Å²) in [6.07, 6.45) is 9.73. The first kappa shape index (κ1) is 14.8. The van der Waals surface area contributed by atoms with Gasteiger partial charge in [0.25, 0.3) is 11.2 Å². The van der Waals surface area contributed by atoms with Gasteiger partial charge in [0.05, 0.1) is 15.1 Å². The van der Waals surface area contributed by atoms with E-state index in [1.165, 1.54) is 28.8 Å². The number of nitro groups is 1. The number of nitro benzene ring substituents is 1. The molecule has 0 atom stereocenters. The lowest BCUT2D eigenvalue weighted by atomic mass is 10.1. The molecule has 1 aromatic carbocycles. The van der Waals surface area contributed by atoms with Gasteiger partial charge in [-0.15, -0.1) is 6.42 Å². The molecule has 5 nitrogen and oxygen atoms in total. The van der Waals surface area contributed by atoms with E-state index < -0.39 is 4.92 Å². The number of hydrogen-bond acceptors (Lipinski definition) is 3. The zero-order valence-corrected chi connectivity index (χ0v) is 12.3. The van der Waals surface area contributed by atoms with Crippen LogP contribution in [0, 0.1) is 22.5 Å². The van der Waals surface area contributed by atoms with Crippen LogP contribution < -0.4 is 5.56 Å². The summed E-state index contributed by atoms with van der Waals surface area (Å²) < 4.78 is 1.79. The molecule has 1 heterocycles. The number of benzene rings is 1. The molecule has 0 aliphatic heterocycles. The molecular formula is C15H9BrN2O3. The largest absolute Gasteiger partial charge is 0.283 e. The van der Waals surface area contributed by atoms with Crippen molar-refractivity contribution in [1.82, 2.24) is 4.57 Å². The smallest absolute Gasteiger partial charge is 0.270 e. The first-order chi connectivity index (χ1) is 10.0. The molecule has 1 aromatic heterocycles. The van der Waals surface area contributed by atoms with Crippen LogP contribution in [0.1, 0.15) is 5.56 Å². The Morgan fingerprint density at radius 3 is 2.81 bits per heavy atom. The molecule has 0 saturated carbocycles. The molecule has 104 valence electrons. The van der Waals surface area contributed by atoms with Crippen LogP contribution >= 0.6 is 15.9 Å². The number of terminal acetylenes is 1. The fourth-order valence-corrected chi connectivity index (χ4v) is 2.15. The Morgan fingerprint density at radius 1 is 1.38 bits per heavy atom. The van der Waals surface area contributed by atoms with Gasteiger partial charge in [0.1, 0.15) is 0 Å². The lowest BCUT2D eigenvalue weighted by Gasteiger charge is -2.09. The minimum Gasteiger partial charge on any atom is -0.283 e. The number of allylic oxidation sites excluding steroid dienone is 1. The second-order valence-corrected chi connectivity index (χ2v) is 4.89. The van der Waals surface area contributed by atoms with E-state index in [0.717, 1.165) is 0 Å². The summed E-state index contributed by atoms with van der Waals surface area (Å²) in [4.78, 5) is 22.5. The van der Waals surface area contributed by atoms with Gasteiger partial charge in [0, 0.05) is 23.9 Å². The van der Waals surface area contributed by atoms with Gasteiger partial charge in [-0.05, 0) is 46.3 Å². The second-order valence-electron chi connectivity index (χ2n) is 4.03. The lowest BCUT2D eigenvalue weighted by Crippen LogP contribution is -2.18. The van der Waals surface area contributed by atoms with Gasteiger partial charge in [-0.1, -0.05) is 5.92 Å². The molecule has 0 amide bonds. The van der Waals surface area contributed by atoms with Gasteiger partial charge in [-0.3, -0.25) is 19.5 Å². The zero-order chi connectivity index (χ0) is 15.4. The van der Waals surface area contributed by atoms with Gasteiger partial charge >= 0.3 is 0 Å². The number of hydrogen-bond donors (Lipinski definition) is 0. The molecule has 0 unspecified atom stereocenters. The highest BCUT2D eigenvalue weighted by atomic mass is 79.9. The highest BCUT2D eigenvalue weighted by molar-refractivity contribution is 9.10. The third kappa shape index (κ3) is 3.09. The Kier molecular flexibility index (Phi) is 4.36. The third-order valence-corrected chi connectivity index (χ3v) is 3.34. The SMILES string of the molecule is C#C/C=C/c1cc([N+](=O)[O-])ccc1-n1cccc(Br)c1=O. The number of halogens is 1. The van der Waals surface area contributed by atoms with Crippen molar-refractivity contribution in [1.29, 1.82) is 0 Å². The van der Waals surface area contributed by atoms with E-state index in [9.17, 15) is 14.9 Å². The molecule has 0 radical (unpaired) electrons. The maximum atomic E-state index is 12.1. The van der Waals surface area contributed by atoms with Crippen LogP contribution in [-0.2, 0) is 0 Å². The van der Waals surface area contributed by atoms with Crippen LogP contribution in [0.3, 0.4) is 0 Å². The van der Waals surface area contributed by atoms with Crippen molar-refractivity contribution in [3.63, 3.8) is 0 Å². The molecule has 2 rings (SSSR count). The Bertz CT molecular complexity index is 832. The van der Waals surface area contributed by atoms with Crippen molar-refractivity contribution in [2.45, 2.75) is 0 Å². The van der Waals surface area contributed by atoms with Gasteiger partial charge in [0.2, 0.25) is 0 Å². The Hall–Kier alpha value is -2.65.